The smallest absolute Gasteiger partial charge is 0.303 e. The fourth-order valence-corrected chi connectivity index (χ4v) is 5.02. The molecule has 5 unspecified atom stereocenters. The molecule has 41 heavy (non-hydrogen) atoms. The minimum Gasteiger partial charge on any atom is -0.463 e. The van der Waals surface area contributed by atoms with Gasteiger partial charge >= 0.3 is 23.9 Å². The molecule has 5 atom stereocenters. The zero-order chi connectivity index (χ0) is 30.4. The molecule has 1 saturated heterocycles. The van der Waals surface area contributed by atoms with Gasteiger partial charge in [-0.25, -0.2) is 0 Å². The number of nitrogens with one attached hydrogen (secondary N) is 1. The van der Waals surface area contributed by atoms with Gasteiger partial charge in [-0.15, -0.1) is 5.10 Å². The lowest BCUT2D eigenvalue weighted by molar-refractivity contribution is -0.289. The van der Waals surface area contributed by atoms with Crippen molar-refractivity contribution in [2.45, 2.75) is 91.5 Å². The number of benzene rings is 1. The van der Waals surface area contributed by atoms with E-state index in [0.717, 1.165) is 40.7 Å². The highest BCUT2D eigenvalue weighted by Gasteiger charge is 2.53. The average Bonchev–Trinajstić information content (AvgIpc) is 3.24. The summed E-state index contributed by atoms with van der Waals surface area (Å²) in [4.78, 5) is 47.9. The second-order valence-electron chi connectivity index (χ2n) is 10.0. The molecule has 1 aliphatic rings. The zero-order valence-electron chi connectivity index (χ0n) is 24.0. The Balaban J connectivity index is 2.06. The number of halogens is 1. The fraction of sp³-hybridized carbons (Fsp3) is 0.536. The number of H-pyrrole nitrogens is 1. The molecular formula is C28H35BrN2O10. The highest BCUT2D eigenvalue weighted by molar-refractivity contribution is 9.10. The number of carbonyl (C=O) groups excluding carboxylic acids is 4. The molecule has 0 saturated carbocycles. The molecule has 0 radical (unpaired) electrons. The van der Waals surface area contributed by atoms with Gasteiger partial charge in [-0.1, -0.05) is 35.8 Å². The Morgan fingerprint density at radius 1 is 0.951 bits per heavy atom. The first-order chi connectivity index (χ1) is 19.3. The number of nitrogens with zero attached hydrogens (tertiary/aromatic N) is 1. The van der Waals surface area contributed by atoms with Crippen LogP contribution >= 0.6 is 15.9 Å². The normalized spacial score (nSPS) is 22.1. The van der Waals surface area contributed by atoms with E-state index in [1.54, 1.807) is 0 Å². The van der Waals surface area contributed by atoms with Crippen molar-refractivity contribution in [1.82, 2.24) is 10.2 Å². The monoisotopic (exact) mass is 638 g/mol. The van der Waals surface area contributed by atoms with Crippen LogP contribution in [0.2, 0.25) is 0 Å². The predicted octanol–water partition coefficient (Wildman–Crippen LogP) is 3.66. The van der Waals surface area contributed by atoms with Gasteiger partial charge in [0.15, 0.2) is 12.2 Å². The van der Waals surface area contributed by atoms with E-state index >= 15 is 0 Å². The van der Waals surface area contributed by atoms with Crippen LogP contribution in [0.5, 0.6) is 5.88 Å². The maximum Gasteiger partial charge on any atom is 0.303 e. The minimum atomic E-state index is -1.39. The van der Waals surface area contributed by atoms with Crippen molar-refractivity contribution >= 4 is 39.8 Å². The number of hydrogen-bond acceptors (Lipinski definition) is 11. The molecule has 13 heteroatoms. The number of hydrogen-bond donors (Lipinski definition) is 1. The van der Waals surface area contributed by atoms with Gasteiger partial charge in [0.2, 0.25) is 18.3 Å². The van der Waals surface area contributed by atoms with Crippen LogP contribution in [0.1, 0.15) is 69.8 Å². The van der Waals surface area contributed by atoms with Gasteiger partial charge in [0, 0.05) is 49.8 Å². The molecule has 1 fully saturated rings. The van der Waals surface area contributed by atoms with Crippen LogP contribution in [-0.2, 0) is 49.3 Å². The summed E-state index contributed by atoms with van der Waals surface area (Å²) in [5.74, 6) is -2.55. The maximum absolute atomic E-state index is 12.2. The van der Waals surface area contributed by atoms with Crippen LogP contribution in [0.25, 0.3) is 0 Å². The Hall–Kier alpha value is -3.45. The zero-order valence-corrected chi connectivity index (χ0v) is 25.6. The van der Waals surface area contributed by atoms with Gasteiger partial charge in [-0.05, 0) is 36.1 Å². The van der Waals surface area contributed by atoms with Gasteiger partial charge in [-0.3, -0.25) is 24.3 Å². The summed E-state index contributed by atoms with van der Waals surface area (Å²) in [5, 5.41) is 7.41. The molecule has 1 N–H and O–H groups in total. The van der Waals surface area contributed by atoms with Crippen molar-refractivity contribution in [2.24, 2.45) is 0 Å². The lowest BCUT2D eigenvalue weighted by atomic mass is 9.96. The molecule has 2 heterocycles. The molecule has 0 spiro atoms. The largest absolute Gasteiger partial charge is 0.463 e. The second kappa shape index (κ2) is 13.9. The highest BCUT2D eigenvalue weighted by Crippen LogP contribution is 2.34. The first-order valence-corrected chi connectivity index (χ1v) is 13.8. The molecule has 0 aliphatic carbocycles. The number of rotatable bonds is 10. The molecular weight excluding hydrogens is 604 g/mol. The van der Waals surface area contributed by atoms with Crippen LogP contribution in [0.3, 0.4) is 0 Å². The maximum atomic E-state index is 12.2. The Morgan fingerprint density at radius 2 is 1.56 bits per heavy atom. The fourth-order valence-electron chi connectivity index (χ4n) is 4.55. The Labute approximate surface area is 246 Å². The highest BCUT2D eigenvalue weighted by atomic mass is 79.9. The van der Waals surface area contributed by atoms with Gasteiger partial charge in [0.1, 0.15) is 12.7 Å². The van der Waals surface area contributed by atoms with Crippen LogP contribution in [0, 0.1) is 6.92 Å². The number of aryl methyl sites for hydroxylation is 1. The van der Waals surface area contributed by atoms with Gasteiger partial charge < -0.3 is 28.4 Å². The second-order valence-corrected chi connectivity index (χ2v) is 10.9. The number of aromatic amines is 1. The molecule has 0 bridgehead atoms. The molecule has 1 aliphatic heterocycles. The van der Waals surface area contributed by atoms with E-state index < -0.39 is 54.6 Å². The minimum absolute atomic E-state index is 0.0565. The van der Waals surface area contributed by atoms with Gasteiger partial charge in [0.25, 0.3) is 0 Å². The third-order valence-electron chi connectivity index (χ3n) is 6.29. The number of carbonyl (C=O) groups is 4. The standard InChI is InChI=1S/C28H35BrN2O10/c1-13(2)23-21(11-19-8-9-20(29)10-14(19)3)27(31-30-23)41-28-26(39-18(7)35)25(38-17(6)34)24(37-16(5)33)22(40-28)12-36-15(4)32/h8-10,13,22,24-26,28H,11-12H2,1-7H3,(H,30,31). The Kier molecular flexibility index (Phi) is 10.9. The van der Waals surface area contributed by atoms with Crippen molar-refractivity contribution < 1.29 is 47.6 Å². The number of aromatic nitrogens is 2. The SMILES string of the molecule is CC(=O)OCC1OC(Oc2n[nH]c(C(C)C)c2Cc2ccc(Br)cc2C)C(OC(C)=O)C(OC(C)=O)C1OC(C)=O. The van der Waals surface area contributed by atoms with E-state index in [0.29, 0.717) is 6.42 Å². The molecule has 1 aromatic heterocycles. The number of esters is 4. The quantitative estimate of drug-likeness (QED) is 0.300. The summed E-state index contributed by atoms with van der Waals surface area (Å²) in [6.07, 6.45) is -6.05. The van der Waals surface area contributed by atoms with E-state index in [1.165, 1.54) is 13.8 Å². The predicted molar refractivity (Wildman–Crippen MR) is 147 cm³/mol. The molecule has 3 rings (SSSR count). The van der Waals surface area contributed by atoms with Crippen LogP contribution in [-0.4, -0.2) is 71.4 Å². The number of ether oxygens (including phenoxy) is 6. The van der Waals surface area contributed by atoms with Crippen LogP contribution < -0.4 is 4.74 Å². The van der Waals surface area contributed by atoms with Crippen LogP contribution in [0.15, 0.2) is 22.7 Å². The summed E-state index contributed by atoms with van der Waals surface area (Å²) in [7, 11) is 0. The van der Waals surface area contributed by atoms with Crippen LogP contribution in [0.4, 0.5) is 0 Å². The first-order valence-electron chi connectivity index (χ1n) is 13.1. The van der Waals surface area contributed by atoms with Crippen molar-refractivity contribution in [3.63, 3.8) is 0 Å². The summed E-state index contributed by atoms with van der Waals surface area (Å²) in [5.41, 5.74) is 3.66. The van der Waals surface area contributed by atoms with E-state index in [1.807, 2.05) is 39.0 Å². The Morgan fingerprint density at radius 3 is 2.12 bits per heavy atom. The van der Waals surface area contributed by atoms with Gasteiger partial charge in [-0.2, -0.15) is 0 Å². The van der Waals surface area contributed by atoms with E-state index in [9.17, 15) is 19.2 Å². The van der Waals surface area contributed by atoms with Crippen molar-refractivity contribution in [1.29, 1.82) is 0 Å². The molecule has 0 amide bonds. The summed E-state index contributed by atoms with van der Waals surface area (Å²) in [6.45, 7) is 10.3. The summed E-state index contributed by atoms with van der Waals surface area (Å²) >= 11 is 3.49. The van der Waals surface area contributed by atoms with E-state index in [2.05, 4.69) is 26.1 Å². The summed E-state index contributed by atoms with van der Waals surface area (Å²) < 4.78 is 34.8. The third-order valence-corrected chi connectivity index (χ3v) is 6.78. The molecule has 224 valence electrons. The average molecular weight is 639 g/mol. The lowest BCUT2D eigenvalue weighted by Crippen LogP contribution is -2.63. The molecule has 12 nitrogen and oxygen atoms in total. The molecule has 2 aromatic rings. The van der Waals surface area contributed by atoms with Crippen molar-refractivity contribution in [3.05, 3.63) is 45.1 Å². The first kappa shape index (κ1) is 32.1. The van der Waals surface area contributed by atoms with E-state index in [4.69, 9.17) is 28.4 Å². The van der Waals surface area contributed by atoms with E-state index in [-0.39, 0.29) is 18.4 Å². The topological polar surface area (TPSA) is 152 Å². The Bertz CT molecular complexity index is 1280. The third kappa shape index (κ3) is 8.52. The van der Waals surface area contributed by atoms with Crippen molar-refractivity contribution in [3.8, 4) is 5.88 Å². The lowest BCUT2D eigenvalue weighted by Gasteiger charge is -2.43. The summed E-state index contributed by atoms with van der Waals surface area (Å²) in [6, 6.07) is 5.94. The molecule has 1 aromatic carbocycles. The van der Waals surface area contributed by atoms with Crippen molar-refractivity contribution in [2.75, 3.05) is 6.61 Å². The van der Waals surface area contributed by atoms with Gasteiger partial charge in [0.05, 0.1) is 0 Å².